The molecule has 6 N–H and O–H groups in total. The van der Waals surface area contributed by atoms with Crippen LogP contribution in [0.25, 0.3) is 0 Å². The maximum Gasteiger partial charge on any atom is 0.226 e. The minimum absolute atomic E-state index is 0.0770. The summed E-state index contributed by atoms with van der Waals surface area (Å²) in [5.74, 6) is 3.50. The van der Waals surface area contributed by atoms with Gasteiger partial charge < -0.3 is 36.4 Å². The van der Waals surface area contributed by atoms with Gasteiger partial charge in [-0.05, 0) is 75.0 Å². The lowest BCUT2D eigenvalue weighted by Gasteiger charge is -2.35. The van der Waals surface area contributed by atoms with Gasteiger partial charge in [-0.3, -0.25) is 4.90 Å². The lowest BCUT2D eigenvalue weighted by molar-refractivity contribution is 0.0724. The van der Waals surface area contributed by atoms with Crippen LogP contribution in [0, 0.1) is 11.8 Å². The lowest BCUT2D eigenvalue weighted by atomic mass is 9.82. The van der Waals surface area contributed by atoms with Gasteiger partial charge in [0.05, 0.1) is 19.8 Å². The van der Waals surface area contributed by atoms with E-state index in [-0.39, 0.29) is 6.61 Å². The Kier molecular flexibility index (Phi) is 13.0. The zero-order valence-corrected chi connectivity index (χ0v) is 24.1. The van der Waals surface area contributed by atoms with Crippen molar-refractivity contribution in [2.45, 2.75) is 38.6 Å². The predicted molar refractivity (Wildman–Crippen MR) is 160 cm³/mol. The molecule has 0 spiro atoms. The molecule has 11 heteroatoms. The molecule has 1 saturated carbocycles. The van der Waals surface area contributed by atoms with Crippen molar-refractivity contribution in [3.8, 4) is 0 Å². The van der Waals surface area contributed by atoms with E-state index in [0.29, 0.717) is 30.9 Å². The van der Waals surface area contributed by atoms with E-state index in [1.54, 1.807) is 0 Å². The number of aromatic nitrogens is 2. The number of hydrogen-bond donors (Lipinski definition) is 5. The molecule has 2 aliphatic rings. The molecule has 0 unspecified atom stereocenters. The smallest absolute Gasteiger partial charge is 0.226 e. The van der Waals surface area contributed by atoms with Crippen LogP contribution in [0.2, 0.25) is 0 Å². The molecular weight excluding hydrogens is 512 g/mol. The van der Waals surface area contributed by atoms with Crippen LogP contribution in [0.5, 0.6) is 0 Å². The Morgan fingerprint density at radius 1 is 1.00 bits per heavy atom. The Hall–Kier alpha value is -2.02. The van der Waals surface area contributed by atoms with E-state index in [9.17, 15) is 0 Å². The van der Waals surface area contributed by atoms with Crippen molar-refractivity contribution >= 4 is 28.9 Å². The highest BCUT2D eigenvalue weighted by Gasteiger charge is 2.22. The van der Waals surface area contributed by atoms with E-state index in [2.05, 4.69) is 48.2 Å². The fraction of sp³-hybridized carbons (Fsp3) is 0.714. The molecule has 1 aliphatic heterocycles. The fourth-order valence-electron chi connectivity index (χ4n) is 5.40. The summed E-state index contributed by atoms with van der Waals surface area (Å²) in [7, 11) is 0. The molecule has 0 bridgehead atoms. The second-order valence-electron chi connectivity index (χ2n) is 10.7. The van der Waals surface area contributed by atoms with Gasteiger partial charge in [0.2, 0.25) is 5.95 Å². The molecule has 2 aromatic heterocycles. The van der Waals surface area contributed by atoms with Gasteiger partial charge in [0, 0.05) is 56.8 Å². The number of hydrogen-bond acceptors (Lipinski definition) is 11. The van der Waals surface area contributed by atoms with Crippen LogP contribution in [0.3, 0.4) is 0 Å². The molecule has 39 heavy (non-hydrogen) atoms. The number of rotatable bonds is 17. The van der Waals surface area contributed by atoms with E-state index >= 15 is 0 Å². The molecule has 0 amide bonds. The normalized spacial score (nSPS) is 20.4. The number of aliphatic hydroxyl groups excluding tert-OH is 1. The summed E-state index contributed by atoms with van der Waals surface area (Å²) in [5.41, 5.74) is 6.15. The lowest BCUT2D eigenvalue weighted by Crippen LogP contribution is -2.47. The van der Waals surface area contributed by atoms with Crippen LogP contribution in [0.1, 0.15) is 37.0 Å². The SMILES string of the molecule is Nc1cc(N2CCN(CCOCCO)CC2)nc(NCC2CCC(CNCCCNCc3cccs3)CC2)n1. The van der Waals surface area contributed by atoms with Crippen LogP contribution < -0.4 is 26.6 Å². The van der Waals surface area contributed by atoms with E-state index in [1.165, 1.54) is 37.0 Å². The number of nitrogen functional groups attached to an aromatic ring is 1. The molecule has 218 valence electrons. The first kappa shape index (κ1) is 30.0. The minimum atomic E-state index is 0.0770. The highest BCUT2D eigenvalue weighted by atomic mass is 32.1. The molecule has 1 aliphatic carbocycles. The van der Waals surface area contributed by atoms with Crippen molar-refractivity contribution < 1.29 is 9.84 Å². The summed E-state index contributed by atoms with van der Waals surface area (Å²) >= 11 is 1.82. The molecule has 10 nitrogen and oxygen atoms in total. The van der Waals surface area contributed by atoms with Crippen molar-refractivity contribution in [3.63, 3.8) is 0 Å². The Bertz CT molecular complexity index is 918. The molecule has 2 fully saturated rings. The van der Waals surface area contributed by atoms with Gasteiger partial charge in [-0.1, -0.05) is 6.07 Å². The quantitative estimate of drug-likeness (QED) is 0.184. The van der Waals surface area contributed by atoms with Gasteiger partial charge in [0.25, 0.3) is 0 Å². The number of aliphatic hydroxyl groups is 1. The van der Waals surface area contributed by atoms with Crippen molar-refractivity contribution in [1.29, 1.82) is 0 Å². The number of ether oxygens (including phenoxy) is 1. The van der Waals surface area contributed by atoms with Crippen LogP contribution in [0.4, 0.5) is 17.6 Å². The van der Waals surface area contributed by atoms with E-state index in [4.69, 9.17) is 20.6 Å². The maximum atomic E-state index is 8.83. The van der Waals surface area contributed by atoms with Gasteiger partial charge in [0.15, 0.2) is 0 Å². The summed E-state index contributed by atoms with van der Waals surface area (Å²) in [6, 6.07) is 6.18. The zero-order valence-electron chi connectivity index (χ0n) is 23.3. The van der Waals surface area contributed by atoms with Gasteiger partial charge >= 0.3 is 0 Å². The number of thiophene rings is 1. The van der Waals surface area contributed by atoms with E-state index < -0.39 is 0 Å². The van der Waals surface area contributed by atoms with E-state index in [0.717, 1.165) is 77.2 Å². The molecule has 2 aromatic rings. The largest absolute Gasteiger partial charge is 0.394 e. The van der Waals surface area contributed by atoms with Crippen molar-refractivity contribution in [2.24, 2.45) is 11.8 Å². The number of piperazine rings is 1. The number of nitrogens with two attached hydrogens (primary N) is 1. The summed E-state index contributed by atoms with van der Waals surface area (Å²) in [6.07, 6.45) is 6.24. The molecule has 0 atom stereocenters. The van der Waals surface area contributed by atoms with Crippen LogP contribution in [-0.4, -0.2) is 98.7 Å². The molecule has 1 saturated heterocycles. The highest BCUT2D eigenvalue weighted by Crippen LogP contribution is 2.28. The number of nitrogens with zero attached hydrogens (tertiary/aromatic N) is 4. The second-order valence-corrected chi connectivity index (χ2v) is 11.8. The van der Waals surface area contributed by atoms with Crippen molar-refractivity contribution in [2.75, 3.05) is 94.7 Å². The molecule has 3 heterocycles. The van der Waals surface area contributed by atoms with Crippen LogP contribution >= 0.6 is 11.3 Å². The first-order valence-electron chi connectivity index (χ1n) is 14.7. The molecular formula is C28H48N8O2S. The van der Waals surface area contributed by atoms with Gasteiger partial charge in [-0.2, -0.15) is 9.97 Å². The van der Waals surface area contributed by atoms with Gasteiger partial charge in [-0.25, -0.2) is 0 Å². The summed E-state index contributed by atoms with van der Waals surface area (Å²) < 4.78 is 5.40. The first-order chi connectivity index (χ1) is 19.2. The third kappa shape index (κ3) is 10.8. The average molecular weight is 561 g/mol. The number of anilines is 3. The van der Waals surface area contributed by atoms with Crippen molar-refractivity contribution in [3.05, 3.63) is 28.5 Å². The van der Waals surface area contributed by atoms with Gasteiger partial charge in [-0.15, -0.1) is 11.3 Å². The summed E-state index contributed by atoms with van der Waals surface area (Å²) in [6.45, 7) is 10.9. The summed E-state index contributed by atoms with van der Waals surface area (Å²) in [5, 5.41) is 21.6. The zero-order chi connectivity index (χ0) is 27.1. The van der Waals surface area contributed by atoms with Crippen molar-refractivity contribution in [1.82, 2.24) is 25.5 Å². The second kappa shape index (κ2) is 16.9. The van der Waals surface area contributed by atoms with Crippen LogP contribution in [-0.2, 0) is 11.3 Å². The Morgan fingerprint density at radius 3 is 2.51 bits per heavy atom. The fourth-order valence-corrected chi connectivity index (χ4v) is 6.07. The Labute approximate surface area is 237 Å². The van der Waals surface area contributed by atoms with E-state index in [1.807, 2.05) is 17.4 Å². The minimum Gasteiger partial charge on any atom is -0.394 e. The predicted octanol–water partition coefficient (Wildman–Crippen LogP) is 2.24. The third-order valence-electron chi connectivity index (χ3n) is 7.75. The maximum absolute atomic E-state index is 8.83. The number of nitrogens with one attached hydrogen (secondary N) is 3. The Morgan fingerprint density at radius 2 is 1.77 bits per heavy atom. The molecule has 0 aromatic carbocycles. The monoisotopic (exact) mass is 560 g/mol. The van der Waals surface area contributed by atoms with Crippen LogP contribution in [0.15, 0.2) is 23.6 Å². The first-order valence-corrected chi connectivity index (χ1v) is 15.6. The highest BCUT2D eigenvalue weighted by molar-refractivity contribution is 7.09. The molecule has 0 radical (unpaired) electrons. The summed E-state index contributed by atoms with van der Waals surface area (Å²) in [4.78, 5) is 15.3. The topological polar surface area (TPSA) is 124 Å². The van der Waals surface area contributed by atoms with Gasteiger partial charge in [0.1, 0.15) is 11.6 Å². The average Bonchev–Trinajstić information content (AvgIpc) is 3.48. The standard InChI is InChI=1S/C28H48N8O2S/c29-26-19-27(36-12-10-35(11-13-36)14-16-38-17-15-37)34-28(33-26)32-21-24-6-4-23(5-7-24)20-30-8-2-9-31-22-25-3-1-18-39-25/h1,3,18-19,23-24,30-31,37H,2,4-17,20-22H2,(H3,29,32,33,34). The Balaban J connectivity index is 1.07. The molecule has 4 rings (SSSR count). The third-order valence-corrected chi connectivity index (χ3v) is 8.63.